The highest BCUT2D eigenvalue weighted by molar-refractivity contribution is 5.80. The van der Waals surface area contributed by atoms with Gasteiger partial charge in [-0.05, 0) is 49.9 Å². The fourth-order valence-corrected chi connectivity index (χ4v) is 2.14. The highest BCUT2D eigenvalue weighted by Gasteiger charge is 2.03. The predicted molar refractivity (Wildman–Crippen MR) is 79.0 cm³/mol. The molecule has 0 aliphatic carbocycles. The first kappa shape index (κ1) is 12.9. The van der Waals surface area contributed by atoms with Crippen molar-refractivity contribution in [2.75, 3.05) is 5.32 Å². The third-order valence-electron chi connectivity index (χ3n) is 2.84. The van der Waals surface area contributed by atoms with E-state index in [4.69, 9.17) is 0 Å². The normalized spacial score (nSPS) is 11.4. The van der Waals surface area contributed by atoms with Crippen molar-refractivity contribution in [3.63, 3.8) is 0 Å². The molecule has 0 bridgehead atoms. The minimum atomic E-state index is 0.411. The standard InChI is InChI=1S/C16H22N2/c1-11(2)9-13-5-6-14-7-8-16(17-12(3)4)18-15(14)10-13/h5-8,10-12H,9H2,1-4H3,(H,17,18). The van der Waals surface area contributed by atoms with Gasteiger partial charge in [0.05, 0.1) is 5.52 Å². The highest BCUT2D eigenvalue weighted by atomic mass is 15.0. The Morgan fingerprint density at radius 3 is 2.44 bits per heavy atom. The molecule has 0 unspecified atom stereocenters. The zero-order valence-electron chi connectivity index (χ0n) is 11.7. The summed E-state index contributed by atoms with van der Waals surface area (Å²) >= 11 is 0. The minimum Gasteiger partial charge on any atom is -0.368 e. The third kappa shape index (κ3) is 3.22. The third-order valence-corrected chi connectivity index (χ3v) is 2.84. The van der Waals surface area contributed by atoms with Crippen LogP contribution >= 0.6 is 0 Å². The van der Waals surface area contributed by atoms with Crippen LogP contribution in [0.5, 0.6) is 0 Å². The van der Waals surface area contributed by atoms with Gasteiger partial charge in [0, 0.05) is 11.4 Å². The first-order valence-corrected chi connectivity index (χ1v) is 6.71. The van der Waals surface area contributed by atoms with Crippen molar-refractivity contribution >= 4 is 16.7 Å². The van der Waals surface area contributed by atoms with Gasteiger partial charge >= 0.3 is 0 Å². The van der Waals surface area contributed by atoms with Gasteiger partial charge in [0.1, 0.15) is 5.82 Å². The van der Waals surface area contributed by atoms with Gasteiger partial charge in [0.2, 0.25) is 0 Å². The molecule has 1 N–H and O–H groups in total. The fourth-order valence-electron chi connectivity index (χ4n) is 2.14. The molecule has 96 valence electrons. The van der Waals surface area contributed by atoms with Crippen LogP contribution in [-0.4, -0.2) is 11.0 Å². The summed E-state index contributed by atoms with van der Waals surface area (Å²) in [5, 5.41) is 4.55. The molecule has 0 saturated heterocycles. The highest BCUT2D eigenvalue weighted by Crippen LogP contribution is 2.19. The summed E-state index contributed by atoms with van der Waals surface area (Å²) in [6.45, 7) is 8.74. The molecule has 1 heterocycles. The Labute approximate surface area is 109 Å². The van der Waals surface area contributed by atoms with Crippen molar-refractivity contribution in [3.05, 3.63) is 35.9 Å². The summed E-state index contributed by atoms with van der Waals surface area (Å²) in [5.74, 6) is 1.64. The van der Waals surface area contributed by atoms with Crippen LogP contribution in [0.2, 0.25) is 0 Å². The Hall–Kier alpha value is -1.57. The molecule has 1 aromatic heterocycles. The molecule has 18 heavy (non-hydrogen) atoms. The first-order chi connectivity index (χ1) is 8.54. The van der Waals surface area contributed by atoms with E-state index in [1.165, 1.54) is 10.9 Å². The number of hydrogen-bond acceptors (Lipinski definition) is 2. The molecule has 0 amide bonds. The van der Waals surface area contributed by atoms with Crippen LogP contribution in [0, 0.1) is 5.92 Å². The Balaban J connectivity index is 2.33. The first-order valence-electron chi connectivity index (χ1n) is 6.71. The van der Waals surface area contributed by atoms with Crippen LogP contribution < -0.4 is 5.32 Å². The summed E-state index contributed by atoms with van der Waals surface area (Å²) in [6, 6.07) is 11.2. The van der Waals surface area contributed by atoms with E-state index in [-0.39, 0.29) is 0 Å². The predicted octanol–water partition coefficient (Wildman–Crippen LogP) is 4.25. The van der Waals surface area contributed by atoms with Crippen molar-refractivity contribution < 1.29 is 0 Å². The SMILES string of the molecule is CC(C)Cc1ccc2ccc(NC(C)C)nc2c1. The Kier molecular flexibility index (Phi) is 3.85. The van der Waals surface area contributed by atoms with Gasteiger partial charge < -0.3 is 5.32 Å². The Morgan fingerprint density at radius 2 is 1.78 bits per heavy atom. The number of benzene rings is 1. The lowest BCUT2D eigenvalue weighted by Gasteiger charge is -2.10. The maximum atomic E-state index is 4.67. The topological polar surface area (TPSA) is 24.9 Å². The largest absolute Gasteiger partial charge is 0.368 e. The number of nitrogens with zero attached hydrogens (tertiary/aromatic N) is 1. The number of anilines is 1. The number of hydrogen-bond donors (Lipinski definition) is 1. The number of rotatable bonds is 4. The number of pyridine rings is 1. The second-order valence-electron chi connectivity index (χ2n) is 5.62. The molecule has 0 aliphatic rings. The van der Waals surface area contributed by atoms with Crippen LogP contribution in [0.25, 0.3) is 10.9 Å². The van der Waals surface area contributed by atoms with Crippen molar-refractivity contribution in [1.82, 2.24) is 4.98 Å². The van der Waals surface area contributed by atoms with E-state index < -0.39 is 0 Å². The van der Waals surface area contributed by atoms with Gasteiger partial charge in [-0.15, -0.1) is 0 Å². The molecule has 0 radical (unpaired) electrons. The molecule has 2 aromatic rings. The van der Waals surface area contributed by atoms with Crippen molar-refractivity contribution in [3.8, 4) is 0 Å². The summed E-state index contributed by atoms with van der Waals surface area (Å²) in [4.78, 5) is 4.67. The van der Waals surface area contributed by atoms with Gasteiger partial charge in [-0.3, -0.25) is 0 Å². The van der Waals surface area contributed by atoms with E-state index in [9.17, 15) is 0 Å². The zero-order valence-corrected chi connectivity index (χ0v) is 11.7. The van der Waals surface area contributed by atoms with E-state index in [1.54, 1.807) is 0 Å². The van der Waals surface area contributed by atoms with E-state index in [2.05, 4.69) is 62.3 Å². The Morgan fingerprint density at radius 1 is 1.06 bits per heavy atom. The van der Waals surface area contributed by atoms with E-state index in [0.717, 1.165) is 17.8 Å². The second-order valence-corrected chi connectivity index (χ2v) is 5.62. The van der Waals surface area contributed by atoms with Crippen molar-refractivity contribution in [2.24, 2.45) is 5.92 Å². The monoisotopic (exact) mass is 242 g/mol. The van der Waals surface area contributed by atoms with Gasteiger partial charge in [-0.1, -0.05) is 26.0 Å². The molecule has 1 aromatic carbocycles. The fraction of sp³-hybridized carbons (Fsp3) is 0.438. The maximum Gasteiger partial charge on any atom is 0.126 e. The summed E-state index contributed by atoms with van der Waals surface area (Å²) in [5.41, 5.74) is 2.45. The molecule has 0 spiro atoms. The van der Waals surface area contributed by atoms with Crippen LogP contribution in [0.4, 0.5) is 5.82 Å². The van der Waals surface area contributed by atoms with Crippen LogP contribution in [0.3, 0.4) is 0 Å². The number of aromatic nitrogens is 1. The summed E-state index contributed by atoms with van der Waals surface area (Å²) in [6.07, 6.45) is 1.11. The number of fused-ring (bicyclic) bond motifs is 1. The minimum absolute atomic E-state index is 0.411. The number of nitrogens with one attached hydrogen (secondary N) is 1. The lowest BCUT2D eigenvalue weighted by molar-refractivity contribution is 0.648. The lowest BCUT2D eigenvalue weighted by atomic mass is 10.0. The van der Waals surface area contributed by atoms with Crippen LogP contribution in [-0.2, 0) is 6.42 Å². The summed E-state index contributed by atoms with van der Waals surface area (Å²) in [7, 11) is 0. The summed E-state index contributed by atoms with van der Waals surface area (Å²) < 4.78 is 0. The molecule has 0 aliphatic heterocycles. The second kappa shape index (κ2) is 5.38. The molecular formula is C16H22N2. The smallest absolute Gasteiger partial charge is 0.126 e. The lowest BCUT2D eigenvalue weighted by Crippen LogP contribution is -2.10. The van der Waals surface area contributed by atoms with Crippen molar-refractivity contribution in [2.45, 2.75) is 40.2 Å². The average molecular weight is 242 g/mol. The molecule has 2 heteroatoms. The van der Waals surface area contributed by atoms with Gasteiger partial charge in [-0.2, -0.15) is 0 Å². The van der Waals surface area contributed by atoms with Gasteiger partial charge in [0.25, 0.3) is 0 Å². The van der Waals surface area contributed by atoms with E-state index >= 15 is 0 Å². The van der Waals surface area contributed by atoms with Gasteiger partial charge in [-0.25, -0.2) is 4.98 Å². The molecule has 0 saturated carbocycles. The maximum absolute atomic E-state index is 4.67. The zero-order chi connectivity index (χ0) is 13.1. The molecule has 0 fully saturated rings. The molecule has 0 atom stereocenters. The van der Waals surface area contributed by atoms with Crippen LogP contribution in [0.1, 0.15) is 33.3 Å². The van der Waals surface area contributed by atoms with Crippen LogP contribution in [0.15, 0.2) is 30.3 Å². The van der Waals surface area contributed by atoms with Crippen molar-refractivity contribution in [1.29, 1.82) is 0 Å². The quantitative estimate of drug-likeness (QED) is 0.866. The van der Waals surface area contributed by atoms with E-state index in [0.29, 0.717) is 12.0 Å². The molecule has 2 rings (SSSR count). The average Bonchev–Trinajstić information content (AvgIpc) is 2.26. The van der Waals surface area contributed by atoms with E-state index in [1.807, 2.05) is 6.07 Å². The Bertz CT molecular complexity index is 485. The molecule has 2 nitrogen and oxygen atoms in total. The van der Waals surface area contributed by atoms with Gasteiger partial charge in [0.15, 0.2) is 0 Å². The molecular weight excluding hydrogens is 220 g/mol.